The van der Waals surface area contributed by atoms with E-state index in [4.69, 9.17) is 0 Å². The van der Waals surface area contributed by atoms with Crippen LogP contribution >= 0.6 is 27.3 Å². The first kappa shape index (κ1) is 13.3. The SMILES string of the molecule is C[C@H]1CC[C@H](Cn2cnc(=O)c3sc(Br)cc32)CC1. The highest BCUT2D eigenvalue weighted by Gasteiger charge is 2.19. The fraction of sp³-hybridized carbons (Fsp3) is 0.571. The second-order valence-corrected chi connectivity index (χ2v) is 8.02. The summed E-state index contributed by atoms with van der Waals surface area (Å²) in [5.41, 5.74) is 0.912. The van der Waals surface area contributed by atoms with Crippen molar-refractivity contribution >= 4 is 37.5 Å². The van der Waals surface area contributed by atoms with Crippen molar-refractivity contribution in [2.45, 2.75) is 39.2 Å². The quantitative estimate of drug-likeness (QED) is 0.826. The van der Waals surface area contributed by atoms with E-state index >= 15 is 0 Å². The number of hydrogen-bond acceptors (Lipinski definition) is 3. The van der Waals surface area contributed by atoms with Gasteiger partial charge in [0, 0.05) is 6.54 Å². The standard InChI is InChI=1S/C14H17BrN2OS/c1-9-2-4-10(5-3-9)7-17-8-16-14(18)13-11(17)6-12(15)19-13/h6,8-10H,2-5,7H2,1H3/t9-,10-. The average Bonchev–Trinajstić information content (AvgIpc) is 2.78. The first-order chi connectivity index (χ1) is 9.13. The Kier molecular flexibility index (Phi) is 3.76. The van der Waals surface area contributed by atoms with Gasteiger partial charge in [0.15, 0.2) is 0 Å². The van der Waals surface area contributed by atoms with E-state index in [-0.39, 0.29) is 5.56 Å². The van der Waals surface area contributed by atoms with E-state index < -0.39 is 0 Å². The molecule has 5 heteroatoms. The number of hydrogen-bond donors (Lipinski definition) is 0. The van der Waals surface area contributed by atoms with Gasteiger partial charge < -0.3 is 4.57 Å². The lowest BCUT2D eigenvalue weighted by Crippen LogP contribution is -2.19. The molecule has 0 unspecified atom stereocenters. The van der Waals surface area contributed by atoms with Crippen LogP contribution in [0.5, 0.6) is 0 Å². The number of halogens is 1. The number of aromatic nitrogens is 2. The summed E-state index contributed by atoms with van der Waals surface area (Å²) >= 11 is 4.94. The molecular formula is C14H17BrN2OS. The molecular weight excluding hydrogens is 324 g/mol. The van der Waals surface area contributed by atoms with Gasteiger partial charge in [0.25, 0.3) is 5.56 Å². The van der Waals surface area contributed by atoms with Gasteiger partial charge in [-0.05, 0) is 46.7 Å². The van der Waals surface area contributed by atoms with Crippen molar-refractivity contribution in [3.63, 3.8) is 0 Å². The highest BCUT2D eigenvalue weighted by molar-refractivity contribution is 9.11. The monoisotopic (exact) mass is 340 g/mol. The van der Waals surface area contributed by atoms with Crippen LogP contribution in [0.3, 0.4) is 0 Å². The van der Waals surface area contributed by atoms with Crippen molar-refractivity contribution in [3.8, 4) is 0 Å². The maximum atomic E-state index is 11.7. The van der Waals surface area contributed by atoms with Gasteiger partial charge in [0.1, 0.15) is 4.70 Å². The van der Waals surface area contributed by atoms with Crippen LogP contribution in [-0.4, -0.2) is 9.55 Å². The van der Waals surface area contributed by atoms with E-state index in [0.29, 0.717) is 0 Å². The Morgan fingerprint density at radius 1 is 1.42 bits per heavy atom. The van der Waals surface area contributed by atoms with Crippen LogP contribution in [0.25, 0.3) is 10.2 Å². The molecule has 3 nitrogen and oxygen atoms in total. The van der Waals surface area contributed by atoms with Crippen molar-refractivity contribution in [2.75, 3.05) is 0 Å². The fourth-order valence-corrected chi connectivity index (χ4v) is 4.39. The maximum absolute atomic E-state index is 11.7. The van der Waals surface area contributed by atoms with Crippen LogP contribution < -0.4 is 5.56 Å². The van der Waals surface area contributed by atoms with Gasteiger partial charge in [0.05, 0.1) is 15.6 Å². The minimum Gasteiger partial charge on any atom is -0.331 e. The highest BCUT2D eigenvalue weighted by atomic mass is 79.9. The van der Waals surface area contributed by atoms with Crippen molar-refractivity contribution in [2.24, 2.45) is 11.8 Å². The molecule has 0 radical (unpaired) electrons. The van der Waals surface area contributed by atoms with Crippen LogP contribution in [-0.2, 0) is 6.54 Å². The zero-order valence-corrected chi connectivity index (χ0v) is 13.3. The summed E-state index contributed by atoms with van der Waals surface area (Å²) in [7, 11) is 0. The largest absolute Gasteiger partial charge is 0.331 e. The van der Waals surface area contributed by atoms with Gasteiger partial charge in [-0.2, -0.15) is 4.98 Å². The maximum Gasteiger partial charge on any atom is 0.290 e. The molecule has 0 atom stereocenters. The van der Waals surface area contributed by atoms with E-state index in [0.717, 1.165) is 32.4 Å². The third-order valence-electron chi connectivity index (χ3n) is 4.09. The number of rotatable bonds is 2. The molecule has 1 fully saturated rings. The molecule has 1 aliphatic carbocycles. The zero-order valence-electron chi connectivity index (χ0n) is 10.9. The molecule has 0 aromatic carbocycles. The average molecular weight is 341 g/mol. The van der Waals surface area contributed by atoms with E-state index in [1.165, 1.54) is 37.0 Å². The zero-order chi connectivity index (χ0) is 13.4. The Balaban J connectivity index is 1.89. The minimum absolute atomic E-state index is 0.112. The van der Waals surface area contributed by atoms with E-state index in [9.17, 15) is 4.79 Å². The molecule has 2 aromatic heterocycles. The first-order valence-electron chi connectivity index (χ1n) is 6.78. The fourth-order valence-electron chi connectivity index (χ4n) is 2.90. The van der Waals surface area contributed by atoms with Gasteiger partial charge in [-0.3, -0.25) is 4.79 Å². The van der Waals surface area contributed by atoms with Crippen LogP contribution in [0.4, 0.5) is 0 Å². The summed E-state index contributed by atoms with van der Waals surface area (Å²) in [6, 6.07) is 2.04. The summed E-state index contributed by atoms with van der Waals surface area (Å²) < 4.78 is 3.91. The Morgan fingerprint density at radius 2 is 2.16 bits per heavy atom. The molecule has 0 amide bonds. The summed E-state index contributed by atoms with van der Waals surface area (Å²) in [5, 5.41) is 0. The van der Waals surface area contributed by atoms with Gasteiger partial charge in [-0.15, -0.1) is 11.3 Å². The molecule has 0 spiro atoms. The van der Waals surface area contributed by atoms with Gasteiger partial charge >= 0.3 is 0 Å². The normalized spacial score (nSPS) is 23.9. The van der Waals surface area contributed by atoms with Crippen molar-refractivity contribution in [1.29, 1.82) is 0 Å². The van der Waals surface area contributed by atoms with Crippen molar-refractivity contribution in [3.05, 3.63) is 26.5 Å². The van der Waals surface area contributed by atoms with Gasteiger partial charge in [0.2, 0.25) is 0 Å². The molecule has 102 valence electrons. The summed E-state index contributed by atoms with van der Waals surface area (Å²) in [5.74, 6) is 1.60. The molecule has 2 heterocycles. The predicted molar refractivity (Wildman–Crippen MR) is 82.7 cm³/mol. The minimum atomic E-state index is -0.112. The third-order valence-corrected chi connectivity index (χ3v) is 5.71. The Hall–Kier alpha value is -0.680. The number of nitrogens with zero attached hydrogens (tertiary/aromatic N) is 2. The van der Waals surface area contributed by atoms with Crippen LogP contribution in [0.2, 0.25) is 0 Å². The number of fused-ring (bicyclic) bond motifs is 1. The lowest BCUT2D eigenvalue weighted by Gasteiger charge is -2.26. The van der Waals surface area contributed by atoms with E-state index in [1.54, 1.807) is 6.33 Å². The third kappa shape index (κ3) is 2.77. The van der Waals surface area contributed by atoms with Crippen molar-refractivity contribution in [1.82, 2.24) is 9.55 Å². The molecule has 3 rings (SSSR count). The molecule has 0 saturated heterocycles. The second kappa shape index (κ2) is 5.37. The number of thiophene rings is 1. The van der Waals surface area contributed by atoms with E-state index in [2.05, 4.69) is 32.4 Å². The lowest BCUT2D eigenvalue weighted by molar-refractivity contribution is 0.266. The highest BCUT2D eigenvalue weighted by Crippen LogP contribution is 2.31. The molecule has 2 aromatic rings. The summed E-state index contributed by atoms with van der Waals surface area (Å²) in [6.07, 6.45) is 6.95. The van der Waals surface area contributed by atoms with Gasteiger partial charge in [-0.25, -0.2) is 0 Å². The van der Waals surface area contributed by atoms with Crippen LogP contribution in [0, 0.1) is 11.8 Å². The second-order valence-electron chi connectivity index (χ2n) is 5.59. The molecule has 0 aliphatic heterocycles. The molecule has 1 aliphatic rings. The summed E-state index contributed by atoms with van der Waals surface area (Å²) in [6.45, 7) is 3.32. The van der Waals surface area contributed by atoms with Crippen LogP contribution in [0.1, 0.15) is 32.6 Å². The van der Waals surface area contributed by atoms with Crippen molar-refractivity contribution < 1.29 is 0 Å². The van der Waals surface area contributed by atoms with Gasteiger partial charge in [-0.1, -0.05) is 19.8 Å². The topological polar surface area (TPSA) is 34.9 Å². The van der Waals surface area contributed by atoms with Crippen LogP contribution in [0.15, 0.2) is 21.0 Å². The smallest absolute Gasteiger partial charge is 0.290 e. The lowest BCUT2D eigenvalue weighted by atomic mass is 9.83. The molecule has 1 saturated carbocycles. The molecule has 0 N–H and O–H groups in total. The predicted octanol–water partition coefficient (Wildman–Crippen LogP) is 4.05. The summed E-state index contributed by atoms with van der Waals surface area (Å²) in [4.78, 5) is 15.7. The van der Waals surface area contributed by atoms with E-state index in [1.807, 2.05) is 6.07 Å². The molecule has 0 bridgehead atoms. The first-order valence-corrected chi connectivity index (χ1v) is 8.39. The Bertz CT molecular complexity index is 640. The Morgan fingerprint density at radius 3 is 2.89 bits per heavy atom. The molecule has 19 heavy (non-hydrogen) atoms. The Labute approximate surface area is 124 Å².